The average Bonchev–Trinajstić information content (AvgIpc) is 2.74. The Morgan fingerprint density at radius 1 is 1.13 bits per heavy atom. The van der Waals surface area contributed by atoms with Crippen LogP contribution in [0.3, 0.4) is 0 Å². The zero-order valence-corrected chi connectivity index (χ0v) is 21.7. The van der Waals surface area contributed by atoms with Crippen LogP contribution in [-0.4, -0.2) is 52.0 Å². The molecule has 3 rings (SSSR count). The van der Waals surface area contributed by atoms with E-state index in [9.17, 15) is 4.39 Å². The molecule has 0 bridgehead atoms. The summed E-state index contributed by atoms with van der Waals surface area (Å²) < 4.78 is 25.2. The third-order valence-corrected chi connectivity index (χ3v) is 6.55. The maximum atomic E-state index is 13.5. The molecule has 0 amide bonds. The average molecular weight is 547 g/mol. The number of halogens is 2. The number of aliphatic imine (C=N–C) groups is 1. The molecule has 5 nitrogen and oxygen atoms in total. The van der Waals surface area contributed by atoms with Crippen molar-refractivity contribution in [2.75, 3.05) is 40.0 Å². The lowest BCUT2D eigenvalue weighted by Crippen LogP contribution is -2.50. The van der Waals surface area contributed by atoms with Gasteiger partial charge < -0.3 is 20.1 Å². The van der Waals surface area contributed by atoms with Crippen molar-refractivity contribution in [3.8, 4) is 0 Å². The van der Waals surface area contributed by atoms with E-state index in [-0.39, 0.29) is 46.7 Å². The first-order valence-electron chi connectivity index (χ1n) is 11.2. The van der Waals surface area contributed by atoms with Crippen molar-refractivity contribution in [2.45, 2.75) is 58.0 Å². The SMILES string of the molecule is CN=C(NCC1CCCOC1C(C)(C)C)NCC1(c2ccc(F)cc2)CCOCC1.I. The molecule has 176 valence electrons. The fraction of sp³-hybridized carbons (Fsp3) is 0.708. The molecule has 1 aromatic rings. The lowest BCUT2D eigenvalue weighted by atomic mass is 9.74. The van der Waals surface area contributed by atoms with E-state index in [1.807, 2.05) is 19.2 Å². The van der Waals surface area contributed by atoms with Gasteiger partial charge in [0.05, 0.1) is 6.10 Å². The van der Waals surface area contributed by atoms with Crippen molar-refractivity contribution in [2.24, 2.45) is 16.3 Å². The molecule has 2 fully saturated rings. The second-order valence-corrected chi connectivity index (χ2v) is 9.77. The van der Waals surface area contributed by atoms with Gasteiger partial charge in [0.25, 0.3) is 0 Å². The van der Waals surface area contributed by atoms with Crippen molar-refractivity contribution in [3.05, 3.63) is 35.6 Å². The van der Waals surface area contributed by atoms with Crippen molar-refractivity contribution < 1.29 is 13.9 Å². The lowest BCUT2D eigenvalue weighted by Gasteiger charge is -2.41. The number of rotatable bonds is 5. The van der Waals surface area contributed by atoms with Gasteiger partial charge in [0.2, 0.25) is 0 Å². The Balaban J connectivity index is 0.00000341. The molecule has 0 radical (unpaired) electrons. The van der Waals surface area contributed by atoms with Crippen LogP contribution in [0.25, 0.3) is 0 Å². The molecule has 2 unspecified atom stereocenters. The van der Waals surface area contributed by atoms with E-state index in [0.29, 0.717) is 5.92 Å². The van der Waals surface area contributed by atoms with Crippen LogP contribution >= 0.6 is 24.0 Å². The Labute approximate surface area is 204 Å². The Hall–Kier alpha value is -0.930. The summed E-state index contributed by atoms with van der Waals surface area (Å²) in [5.41, 5.74) is 1.20. The number of hydrogen-bond donors (Lipinski definition) is 2. The van der Waals surface area contributed by atoms with Crippen LogP contribution in [0, 0.1) is 17.2 Å². The van der Waals surface area contributed by atoms with E-state index in [0.717, 1.165) is 63.7 Å². The number of nitrogens with one attached hydrogen (secondary N) is 2. The van der Waals surface area contributed by atoms with E-state index >= 15 is 0 Å². The highest BCUT2D eigenvalue weighted by Gasteiger charge is 2.36. The van der Waals surface area contributed by atoms with Gasteiger partial charge in [-0.2, -0.15) is 0 Å². The maximum absolute atomic E-state index is 13.5. The summed E-state index contributed by atoms with van der Waals surface area (Å²) in [7, 11) is 1.81. The van der Waals surface area contributed by atoms with Crippen molar-refractivity contribution in [1.82, 2.24) is 10.6 Å². The molecule has 7 heteroatoms. The molecule has 2 heterocycles. The summed E-state index contributed by atoms with van der Waals surface area (Å²) in [6.07, 6.45) is 4.34. The zero-order chi connectivity index (χ0) is 21.6. The Bertz CT molecular complexity index is 700. The predicted molar refractivity (Wildman–Crippen MR) is 135 cm³/mol. The number of benzene rings is 1. The van der Waals surface area contributed by atoms with E-state index < -0.39 is 0 Å². The summed E-state index contributed by atoms with van der Waals surface area (Å²) in [5, 5.41) is 7.06. The predicted octanol–water partition coefficient (Wildman–Crippen LogP) is 4.50. The van der Waals surface area contributed by atoms with Gasteiger partial charge in [0, 0.05) is 51.3 Å². The topological polar surface area (TPSA) is 54.9 Å². The minimum atomic E-state index is -0.200. The molecule has 2 aliphatic heterocycles. The highest BCUT2D eigenvalue weighted by Crippen LogP contribution is 2.35. The van der Waals surface area contributed by atoms with Crippen molar-refractivity contribution >= 4 is 29.9 Å². The van der Waals surface area contributed by atoms with Crippen LogP contribution in [0.1, 0.15) is 52.0 Å². The normalized spacial score (nSPS) is 24.2. The van der Waals surface area contributed by atoms with Gasteiger partial charge in [-0.15, -0.1) is 24.0 Å². The molecule has 2 aliphatic rings. The van der Waals surface area contributed by atoms with Gasteiger partial charge in [0.15, 0.2) is 5.96 Å². The fourth-order valence-electron chi connectivity index (χ4n) is 4.84. The molecule has 0 spiro atoms. The van der Waals surface area contributed by atoms with Crippen molar-refractivity contribution in [1.29, 1.82) is 0 Å². The van der Waals surface area contributed by atoms with Gasteiger partial charge in [-0.25, -0.2) is 4.39 Å². The van der Waals surface area contributed by atoms with E-state index in [1.54, 1.807) is 12.1 Å². The lowest BCUT2D eigenvalue weighted by molar-refractivity contribution is -0.0835. The minimum Gasteiger partial charge on any atom is -0.381 e. The molecule has 0 aromatic heterocycles. The first kappa shape index (κ1) is 26.3. The Kier molecular flexibility index (Phi) is 10.0. The Morgan fingerprint density at radius 2 is 1.81 bits per heavy atom. The first-order chi connectivity index (χ1) is 14.3. The molecular weight excluding hydrogens is 508 g/mol. The van der Waals surface area contributed by atoms with Crippen LogP contribution in [0.15, 0.2) is 29.3 Å². The first-order valence-corrected chi connectivity index (χ1v) is 11.2. The molecule has 2 atom stereocenters. The van der Waals surface area contributed by atoms with Gasteiger partial charge in [-0.05, 0) is 48.8 Å². The van der Waals surface area contributed by atoms with Crippen LogP contribution < -0.4 is 10.6 Å². The molecule has 31 heavy (non-hydrogen) atoms. The van der Waals surface area contributed by atoms with Crippen LogP contribution in [0.2, 0.25) is 0 Å². The van der Waals surface area contributed by atoms with Gasteiger partial charge in [-0.1, -0.05) is 32.9 Å². The largest absolute Gasteiger partial charge is 0.381 e. The van der Waals surface area contributed by atoms with Crippen LogP contribution in [0.5, 0.6) is 0 Å². The second kappa shape index (κ2) is 11.8. The van der Waals surface area contributed by atoms with Crippen molar-refractivity contribution in [3.63, 3.8) is 0 Å². The molecule has 0 saturated carbocycles. The molecule has 1 aromatic carbocycles. The Morgan fingerprint density at radius 3 is 2.42 bits per heavy atom. The highest BCUT2D eigenvalue weighted by molar-refractivity contribution is 14.0. The third-order valence-electron chi connectivity index (χ3n) is 6.55. The summed E-state index contributed by atoms with van der Waals surface area (Å²) in [5.74, 6) is 1.07. The van der Waals surface area contributed by atoms with Crippen LogP contribution in [-0.2, 0) is 14.9 Å². The number of guanidine groups is 1. The second-order valence-electron chi connectivity index (χ2n) is 9.77. The smallest absolute Gasteiger partial charge is 0.191 e. The molecular formula is C24H39FIN3O2. The monoisotopic (exact) mass is 547 g/mol. The van der Waals surface area contributed by atoms with E-state index in [2.05, 4.69) is 36.4 Å². The maximum Gasteiger partial charge on any atom is 0.191 e. The quantitative estimate of drug-likeness (QED) is 0.324. The fourth-order valence-corrected chi connectivity index (χ4v) is 4.84. The summed E-state index contributed by atoms with van der Waals surface area (Å²) >= 11 is 0. The van der Waals surface area contributed by atoms with Gasteiger partial charge in [-0.3, -0.25) is 4.99 Å². The minimum absolute atomic E-state index is 0. The zero-order valence-electron chi connectivity index (χ0n) is 19.4. The van der Waals surface area contributed by atoms with E-state index in [4.69, 9.17) is 9.47 Å². The summed E-state index contributed by atoms with van der Waals surface area (Å²) in [6.45, 7) is 10.6. The van der Waals surface area contributed by atoms with Gasteiger partial charge in [0.1, 0.15) is 5.82 Å². The van der Waals surface area contributed by atoms with Crippen LogP contribution in [0.4, 0.5) is 4.39 Å². The van der Waals surface area contributed by atoms with E-state index in [1.165, 1.54) is 6.42 Å². The molecule has 0 aliphatic carbocycles. The standard InChI is InChI=1S/C24H38FN3O2.HI/c1-23(2,3)21-18(6-5-13-30-21)16-27-22(26-4)28-17-24(11-14-29-15-12-24)19-7-9-20(25)10-8-19;/h7-10,18,21H,5-6,11-17H2,1-4H3,(H2,26,27,28);1H. The van der Waals surface area contributed by atoms with Gasteiger partial charge >= 0.3 is 0 Å². The molecule has 2 saturated heterocycles. The third kappa shape index (κ3) is 7.02. The number of ether oxygens (including phenoxy) is 2. The summed E-state index contributed by atoms with van der Waals surface area (Å²) in [4.78, 5) is 4.45. The number of hydrogen-bond acceptors (Lipinski definition) is 3. The number of nitrogens with zero attached hydrogens (tertiary/aromatic N) is 1. The highest BCUT2D eigenvalue weighted by atomic mass is 127. The molecule has 2 N–H and O–H groups in total. The summed E-state index contributed by atoms with van der Waals surface area (Å²) in [6, 6.07) is 6.92.